The summed E-state index contributed by atoms with van der Waals surface area (Å²) in [4.78, 5) is 11.3. The molecule has 0 N–H and O–H groups in total. The fourth-order valence-corrected chi connectivity index (χ4v) is 1.74. The van der Waals surface area contributed by atoms with Gasteiger partial charge in [-0.05, 0) is 31.2 Å². The van der Waals surface area contributed by atoms with Crippen LogP contribution >= 0.6 is 23.2 Å². The molecule has 0 atom stereocenters. The van der Waals surface area contributed by atoms with Gasteiger partial charge in [-0.1, -0.05) is 35.3 Å². The Hall–Kier alpha value is -1.51. The Morgan fingerprint density at radius 1 is 1.00 bits per heavy atom. The molecule has 0 spiro atoms. The Bertz CT molecular complexity index is 594. The van der Waals surface area contributed by atoms with Crippen molar-refractivity contribution in [3.8, 4) is 11.5 Å². The van der Waals surface area contributed by atoms with Crippen molar-refractivity contribution >= 4 is 29.0 Å². The summed E-state index contributed by atoms with van der Waals surface area (Å²) < 4.78 is 5.61. The minimum absolute atomic E-state index is 0.00501. The van der Waals surface area contributed by atoms with Crippen LogP contribution in [0.5, 0.6) is 11.5 Å². The predicted octanol–water partition coefficient (Wildman–Crippen LogP) is 4.99. The second kappa shape index (κ2) is 5.42. The number of Topliss-reactive ketones (excluding diaryl/α,β-unsaturated/α-hetero) is 1. The van der Waals surface area contributed by atoms with Gasteiger partial charge in [0.15, 0.2) is 5.78 Å². The lowest BCUT2D eigenvalue weighted by Gasteiger charge is -2.07. The molecule has 18 heavy (non-hydrogen) atoms. The lowest BCUT2D eigenvalue weighted by Crippen LogP contribution is -1.92. The van der Waals surface area contributed by atoms with Gasteiger partial charge in [0, 0.05) is 11.6 Å². The minimum atomic E-state index is -0.00501. The first-order valence-corrected chi connectivity index (χ1v) is 6.06. The molecular weight excluding hydrogens is 271 g/mol. The fraction of sp³-hybridized carbons (Fsp3) is 0.0714. The molecule has 0 bridgehead atoms. The van der Waals surface area contributed by atoms with Crippen LogP contribution in [0.2, 0.25) is 10.0 Å². The Kier molecular flexibility index (Phi) is 3.90. The molecule has 2 aromatic carbocycles. The monoisotopic (exact) mass is 280 g/mol. The molecule has 0 saturated carbocycles. The number of rotatable bonds is 3. The molecule has 2 rings (SSSR count). The van der Waals surface area contributed by atoms with Crippen molar-refractivity contribution in [1.29, 1.82) is 0 Å². The first kappa shape index (κ1) is 12.9. The summed E-state index contributed by atoms with van der Waals surface area (Å²) >= 11 is 11.7. The maximum atomic E-state index is 11.3. The van der Waals surface area contributed by atoms with Gasteiger partial charge < -0.3 is 4.74 Å². The number of hydrogen-bond acceptors (Lipinski definition) is 2. The highest BCUT2D eigenvalue weighted by Gasteiger charge is 2.04. The number of ether oxygens (including phenoxy) is 1. The minimum Gasteiger partial charge on any atom is -0.457 e. The fourth-order valence-electron chi connectivity index (χ4n) is 1.46. The van der Waals surface area contributed by atoms with Crippen molar-refractivity contribution in [1.82, 2.24) is 0 Å². The Labute approximate surface area is 115 Å². The highest BCUT2D eigenvalue weighted by molar-refractivity contribution is 6.42. The lowest BCUT2D eigenvalue weighted by molar-refractivity contribution is 0.101. The number of carbonyl (C=O) groups excluding carboxylic acids is 1. The number of halogens is 2. The molecule has 4 heteroatoms. The summed E-state index contributed by atoms with van der Waals surface area (Å²) in [5.41, 5.74) is 0.604. The maximum absolute atomic E-state index is 11.3. The largest absolute Gasteiger partial charge is 0.457 e. The zero-order valence-electron chi connectivity index (χ0n) is 9.61. The van der Waals surface area contributed by atoms with E-state index in [-0.39, 0.29) is 5.78 Å². The highest BCUT2D eigenvalue weighted by atomic mass is 35.5. The van der Waals surface area contributed by atoms with E-state index in [9.17, 15) is 4.79 Å². The molecular formula is C14H10Cl2O2. The van der Waals surface area contributed by atoms with E-state index >= 15 is 0 Å². The molecule has 2 nitrogen and oxygen atoms in total. The van der Waals surface area contributed by atoms with E-state index in [1.165, 1.54) is 6.92 Å². The standard InChI is InChI=1S/C14H10Cl2O2/c1-9(17)10-3-2-4-11(7-10)18-12-5-6-13(15)14(16)8-12/h2-8H,1H3. The summed E-state index contributed by atoms with van der Waals surface area (Å²) in [5, 5.41) is 0.901. The molecule has 0 saturated heterocycles. The van der Waals surface area contributed by atoms with Crippen molar-refractivity contribution < 1.29 is 9.53 Å². The molecule has 0 heterocycles. The van der Waals surface area contributed by atoms with Crippen molar-refractivity contribution in [3.05, 3.63) is 58.1 Å². The summed E-state index contributed by atoms with van der Waals surface area (Å²) in [6.45, 7) is 1.51. The van der Waals surface area contributed by atoms with Crippen molar-refractivity contribution in [2.45, 2.75) is 6.92 Å². The molecule has 92 valence electrons. The Morgan fingerprint density at radius 3 is 2.39 bits per heavy atom. The molecule has 0 aliphatic carbocycles. The van der Waals surface area contributed by atoms with Crippen LogP contribution < -0.4 is 4.74 Å². The van der Waals surface area contributed by atoms with Crippen LogP contribution in [0.4, 0.5) is 0 Å². The SMILES string of the molecule is CC(=O)c1cccc(Oc2ccc(Cl)c(Cl)c2)c1. The second-order valence-electron chi connectivity index (χ2n) is 3.76. The zero-order chi connectivity index (χ0) is 13.1. The summed E-state index contributed by atoms with van der Waals surface area (Å²) in [6.07, 6.45) is 0. The average molecular weight is 281 g/mol. The molecule has 0 radical (unpaired) electrons. The van der Waals surface area contributed by atoms with Gasteiger partial charge >= 0.3 is 0 Å². The third-order valence-electron chi connectivity index (χ3n) is 2.37. The van der Waals surface area contributed by atoms with E-state index in [4.69, 9.17) is 27.9 Å². The summed E-state index contributed by atoms with van der Waals surface area (Å²) in [5.74, 6) is 1.15. The van der Waals surface area contributed by atoms with E-state index in [1.807, 2.05) is 0 Å². The summed E-state index contributed by atoms with van der Waals surface area (Å²) in [6, 6.07) is 12.0. The average Bonchev–Trinajstić information content (AvgIpc) is 2.34. The van der Waals surface area contributed by atoms with Gasteiger partial charge in [0.2, 0.25) is 0 Å². The van der Waals surface area contributed by atoms with Gasteiger partial charge in [-0.25, -0.2) is 0 Å². The van der Waals surface area contributed by atoms with Crippen molar-refractivity contribution in [3.63, 3.8) is 0 Å². The number of benzene rings is 2. The topological polar surface area (TPSA) is 26.3 Å². The van der Waals surface area contributed by atoms with Crippen LogP contribution in [0, 0.1) is 0 Å². The molecule has 0 fully saturated rings. The predicted molar refractivity (Wildman–Crippen MR) is 73.0 cm³/mol. The zero-order valence-corrected chi connectivity index (χ0v) is 11.1. The molecule has 0 aliphatic heterocycles. The van der Waals surface area contributed by atoms with Gasteiger partial charge in [-0.15, -0.1) is 0 Å². The number of carbonyl (C=O) groups is 1. The molecule has 0 amide bonds. The third-order valence-corrected chi connectivity index (χ3v) is 3.11. The number of hydrogen-bond donors (Lipinski definition) is 0. The van der Waals surface area contributed by atoms with Crippen molar-refractivity contribution in [2.75, 3.05) is 0 Å². The smallest absolute Gasteiger partial charge is 0.159 e. The van der Waals surface area contributed by atoms with Gasteiger partial charge in [-0.3, -0.25) is 4.79 Å². The Morgan fingerprint density at radius 2 is 1.72 bits per heavy atom. The first-order valence-electron chi connectivity index (χ1n) is 5.30. The first-order chi connectivity index (χ1) is 8.56. The van der Waals surface area contributed by atoms with Gasteiger partial charge in [0.25, 0.3) is 0 Å². The van der Waals surface area contributed by atoms with Crippen LogP contribution in [-0.4, -0.2) is 5.78 Å². The van der Waals surface area contributed by atoms with Gasteiger partial charge in [-0.2, -0.15) is 0 Å². The second-order valence-corrected chi connectivity index (χ2v) is 4.58. The summed E-state index contributed by atoms with van der Waals surface area (Å²) in [7, 11) is 0. The third kappa shape index (κ3) is 3.03. The van der Waals surface area contributed by atoms with Crippen LogP contribution in [0.3, 0.4) is 0 Å². The van der Waals surface area contributed by atoms with E-state index in [0.29, 0.717) is 27.1 Å². The number of ketones is 1. The van der Waals surface area contributed by atoms with Crippen LogP contribution in [0.15, 0.2) is 42.5 Å². The van der Waals surface area contributed by atoms with Gasteiger partial charge in [0.1, 0.15) is 11.5 Å². The molecule has 2 aromatic rings. The maximum Gasteiger partial charge on any atom is 0.159 e. The normalized spacial score (nSPS) is 10.2. The van der Waals surface area contributed by atoms with Crippen LogP contribution in [0.25, 0.3) is 0 Å². The van der Waals surface area contributed by atoms with E-state index < -0.39 is 0 Å². The van der Waals surface area contributed by atoms with Crippen LogP contribution in [0.1, 0.15) is 17.3 Å². The lowest BCUT2D eigenvalue weighted by atomic mass is 10.1. The van der Waals surface area contributed by atoms with Crippen molar-refractivity contribution in [2.24, 2.45) is 0 Å². The van der Waals surface area contributed by atoms with Crippen LogP contribution in [-0.2, 0) is 0 Å². The van der Waals surface area contributed by atoms with E-state index in [2.05, 4.69) is 0 Å². The van der Waals surface area contributed by atoms with E-state index in [0.717, 1.165) is 0 Å². The molecule has 0 aliphatic rings. The molecule has 0 unspecified atom stereocenters. The Balaban J connectivity index is 2.25. The molecule has 0 aromatic heterocycles. The quantitative estimate of drug-likeness (QED) is 0.741. The van der Waals surface area contributed by atoms with Gasteiger partial charge in [0.05, 0.1) is 10.0 Å². The van der Waals surface area contributed by atoms with E-state index in [1.54, 1.807) is 42.5 Å². The highest BCUT2D eigenvalue weighted by Crippen LogP contribution is 2.29.